The molecule has 1 aliphatic carbocycles. The molecular weight excluding hydrogens is 250 g/mol. The lowest BCUT2D eigenvalue weighted by Crippen LogP contribution is -2.44. The lowest BCUT2D eigenvalue weighted by Gasteiger charge is -2.32. The molecule has 1 aliphatic rings. The summed E-state index contributed by atoms with van der Waals surface area (Å²) in [5.74, 6) is 1.78. The molecule has 3 heteroatoms. The monoisotopic (exact) mass is 275 g/mol. The summed E-state index contributed by atoms with van der Waals surface area (Å²) in [6.07, 6.45) is 2.62. The molecule has 0 amide bonds. The van der Waals surface area contributed by atoms with Crippen molar-refractivity contribution in [2.45, 2.75) is 45.7 Å². The van der Waals surface area contributed by atoms with Crippen LogP contribution in [0.3, 0.4) is 0 Å². The van der Waals surface area contributed by atoms with E-state index in [1.165, 1.54) is 12.8 Å². The third-order valence-corrected chi connectivity index (χ3v) is 4.08. The number of methoxy groups -OCH3 is 1. The van der Waals surface area contributed by atoms with E-state index < -0.39 is 0 Å². The number of carbonyl (C=O) groups is 1. The highest BCUT2D eigenvalue weighted by Crippen LogP contribution is 2.31. The Kier molecular flexibility index (Phi) is 4.81. The highest BCUT2D eigenvalue weighted by atomic mass is 16.5. The quantitative estimate of drug-likeness (QED) is 0.714. The molecule has 0 aliphatic heterocycles. The van der Waals surface area contributed by atoms with Crippen LogP contribution in [-0.4, -0.2) is 36.4 Å². The van der Waals surface area contributed by atoms with E-state index in [4.69, 9.17) is 4.74 Å². The summed E-state index contributed by atoms with van der Waals surface area (Å²) in [5.41, 5.74) is 0.764. The molecule has 1 unspecified atom stereocenters. The summed E-state index contributed by atoms with van der Waals surface area (Å²) in [4.78, 5) is 14.9. The number of Topliss-reactive ketones (excluding diaryl/α,β-unsaturated/α-hetero) is 1. The molecule has 1 aromatic rings. The van der Waals surface area contributed by atoms with Gasteiger partial charge < -0.3 is 4.74 Å². The number of nitrogens with zero attached hydrogens (tertiary/aromatic N) is 1. The topological polar surface area (TPSA) is 29.5 Å². The molecule has 0 spiro atoms. The average molecular weight is 275 g/mol. The Morgan fingerprint density at radius 1 is 1.25 bits per heavy atom. The Morgan fingerprint density at radius 3 is 2.30 bits per heavy atom. The summed E-state index contributed by atoms with van der Waals surface area (Å²) in [6.45, 7) is 7.40. The van der Waals surface area contributed by atoms with Gasteiger partial charge >= 0.3 is 0 Å². The molecule has 1 atom stereocenters. The van der Waals surface area contributed by atoms with Gasteiger partial charge in [0.05, 0.1) is 13.2 Å². The van der Waals surface area contributed by atoms with Crippen LogP contribution in [0.4, 0.5) is 0 Å². The average Bonchev–Trinajstić information content (AvgIpc) is 3.27. The molecule has 0 aromatic heterocycles. The summed E-state index contributed by atoms with van der Waals surface area (Å²) in [7, 11) is 1.63. The maximum absolute atomic E-state index is 12.6. The Balaban J connectivity index is 2.07. The summed E-state index contributed by atoms with van der Waals surface area (Å²) < 4.78 is 5.13. The maximum atomic E-state index is 12.6. The van der Waals surface area contributed by atoms with Gasteiger partial charge in [-0.05, 0) is 63.8 Å². The van der Waals surface area contributed by atoms with Crippen LogP contribution >= 0.6 is 0 Å². The van der Waals surface area contributed by atoms with Crippen molar-refractivity contribution in [1.29, 1.82) is 0 Å². The van der Waals surface area contributed by atoms with Crippen molar-refractivity contribution in [2.24, 2.45) is 5.92 Å². The first-order valence-electron chi connectivity index (χ1n) is 7.47. The van der Waals surface area contributed by atoms with E-state index in [1.807, 2.05) is 31.2 Å². The van der Waals surface area contributed by atoms with E-state index in [9.17, 15) is 4.79 Å². The van der Waals surface area contributed by atoms with Gasteiger partial charge in [-0.2, -0.15) is 0 Å². The van der Waals surface area contributed by atoms with E-state index in [0.717, 1.165) is 23.8 Å². The van der Waals surface area contributed by atoms with Crippen molar-refractivity contribution < 1.29 is 9.53 Å². The molecular formula is C17H25NO2. The Morgan fingerprint density at radius 2 is 1.85 bits per heavy atom. The van der Waals surface area contributed by atoms with Crippen molar-refractivity contribution in [3.8, 4) is 5.75 Å². The molecule has 0 N–H and O–H groups in total. The van der Waals surface area contributed by atoms with E-state index in [-0.39, 0.29) is 11.8 Å². The minimum atomic E-state index is -0.0657. The zero-order chi connectivity index (χ0) is 14.7. The number of rotatable bonds is 7. The number of ketones is 1. The Bertz CT molecular complexity index is 449. The smallest absolute Gasteiger partial charge is 0.179 e. The van der Waals surface area contributed by atoms with Crippen LogP contribution in [0.1, 0.15) is 44.0 Å². The van der Waals surface area contributed by atoms with Gasteiger partial charge in [-0.1, -0.05) is 0 Å². The second-order valence-corrected chi connectivity index (χ2v) is 6.00. The van der Waals surface area contributed by atoms with E-state index in [2.05, 4.69) is 18.7 Å². The lowest BCUT2D eigenvalue weighted by atomic mass is 10.0. The predicted molar refractivity (Wildman–Crippen MR) is 81.4 cm³/mol. The van der Waals surface area contributed by atoms with Crippen LogP contribution in [0.15, 0.2) is 24.3 Å². The largest absolute Gasteiger partial charge is 0.497 e. The van der Waals surface area contributed by atoms with E-state index in [0.29, 0.717) is 6.04 Å². The zero-order valence-electron chi connectivity index (χ0n) is 12.9. The number of hydrogen-bond donors (Lipinski definition) is 0. The Labute approximate surface area is 121 Å². The first-order valence-corrected chi connectivity index (χ1v) is 7.47. The van der Waals surface area contributed by atoms with Crippen LogP contribution < -0.4 is 4.74 Å². The molecule has 1 fully saturated rings. The predicted octanol–water partition coefficient (Wildman–Crippen LogP) is 3.39. The molecule has 0 bridgehead atoms. The lowest BCUT2D eigenvalue weighted by molar-refractivity contribution is 0.0778. The SMILES string of the molecule is COc1ccc(C(=O)C(C)N(CC2CC2)C(C)C)cc1. The van der Waals surface area contributed by atoms with Crippen molar-refractivity contribution in [2.75, 3.05) is 13.7 Å². The van der Waals surface area contributed by atoms with E-state index in [1.54, 1.807) is 7.11 Å². The number of hydrogen-bond acceptors (Lipinski definition) is 3. The molecule has 2 rings (SSSR count). The fourth-order valence-corrected chi connectivity index (χ4v) is 2.56. The second kappa shape index (κ2) is 6.40. The molecule has 0 heterocycles. The first kappa shape index (κ1) is 15.0. The first-order chi connectivity index (χ1) is 9.52. The van der Waals surface area contributed by atoms with Crippen molar-refractivity contribution in [3.05, 3.63) is 29.8 Å². The van der Waals surface area contributed by atoms with Crippen LogP contribution in [0.25, 0.3) is 0 Å². The van der Waals surface area contributed by atoms with Crippen molar-refractivity contribution in [3.63, 3.8) is 0 Å². The van der Waals surface area contributed by atoms with Crippen molar-refractivity contribution >= 4 is 5.78 Å². The second-order valence-electron chi connectivity index (χ2n) is 6.00. The van der Waals surface area contributed by atoms with Gasteiger partial charge in [-0.3, -0.25) is 9.69 Å². The molecule has 1 saturated carbocycles. The minimum Gasteiger partial charge on any atom is -0.497 e. The van der Waals surface area contributed by atoms with Gasteiger partial charge in [0, 0.05) is 18.2 Å². The normalized spacial score (nSPS) is 16.5. The third-order valence-electron chi connectivity index (χ3n) is 4.08. The summed E-state index contributed by atoms with van der Waals surface area (Å²) in [5, 5.41) is 0. The highest BCUT2D eigenvalue weighted by molar-refractivity contribution is 5.99. The van der Waals surface area contributed by atoms with Gasteiger partial charge in [0.2, 0.25) is 0 Å². The van der Waals surface area contributed by atoms with Crippen LogP contribution in [0, 0.1) is 5.92 Å². The Hall–Kier alpha value is -1.35. The standard InChI is InChI=1S/C17H25NO2/c1-12(2)18(11-14-5-6-14)13(3)17(19)15-7-9-16(20-4)10-8-15/h7-10,12-14H,5-6,11H2,1-4H3. The summed E-state index contributed by atoms with van der Waals surface area (Å²) >= 11 is 0. The fraction of sp³-hybridized carbons (Fsp3) is 0.588. The molecule has 20 heavy (non-hydrogen) atoms. The number of benzene rings is 1. The number of carbonyl (C=O) groups excluding carboxylic acids is 1. The zero-order valence-corrected chi connectivity index (χ0v) is 12.9. The molecule has 110 valence electrons. The molecule has 3 nitrogen and oxygen atoms in total. The maximum Gasteiger partial charge on any atom is 0.179 e. The van der Waals surface area contributed by atoms with Gasteiger partial charge in [0.1, 0.15) is 5.75 Å². The van der Waals surface area contributed by atoms with Gasteiger partial charge in [0.25, 0.3) is 0 Å². The van der Waals surface area contributed by atoms with Crippen LogP contribution in [-0.2, 0) is 0 Å². The third kappa shape index (κ3) is 3.60. The highest BCUT2D eigenvalue weighted by Gasteiger charge is 2.30. The number of ether oxygens (including phenoxy) is 1. The molecule has 0 radical (unpaired) electrons. The minimum absolute atomic E-state index is 0.0657. The van der Waals surface area contributed by atoms with Gasteiger partial charge in [0.15, 0.2) is 5.78 Å². The van der Waals surface area contributed by atoms with Gasteiger partial charge in [-0.25, -0.2) is 0 Å². The van der Waals surface area contributed by atoms with Crippen LogP contribution in [0.2, 0.25) is 0 Å². The van der Waals surface area contributed by atoms with Crippen molar-refractivity contribution in [1.82, 2.24) is 4.90 Å². The molecule has 1 aromatic carbocycles. The molecule has 0 saturated heterocycles. The summed E-state index contributed by atoms with van der Waals surface area (Å²) in [6, 6.07) is 7.73. The van der Waals surface area contributed by atoms with E-state index >= 15 is 0 Å². The van der Waals surface area contributed by atoms with Crippen LogP contribution in [0.5, 0.6) is 5.75 Å². The van der Waals surface area contributed by atoms with Gasteiger partial charge in [-0.15, -0.1) is 0 Å². The fourth-order valence-electron chi connectivity index (χ4n) is 2.56.